The smallest absolute Gasteiger partial charge is 0.244 e. The molecule has 2 amide bonds. The summed E-state index contributed by atoms with van der Waals surface area (Å²) in [5, 5.41) is 2.79. The zero-order valence-corrected chi connectivity index (χ0v) is 21.9. The van der Waals surface area contributed by atoms with Crippen molar-refractivity contribution in [2.45, 2.75) is 59.5 Å². The Labute approximate surface area is 204 Å². The maximum Gasteiger partial charge on any atom is 0.244 e. The quantitative estimate of drug-likeness (QED) is 0.522. The van der Waals surface area contributed by atoms with Crippen LogP contribution in [-0.2, 0) is 26.2 Å². The molecule has 1 N–H and O–H groups in total. The van der Waals surface area contributed by atoms with E-state index in [0.29, 0.717) is 24.6 Å². The number of anilines is 1. The maximum atomic E-state index is 13.6. The maximum absolute atomic E-state index is 13.6. The van der Waals surface area contributed by atoms with Gasteiger partial charge in [-0.25, -0.2) is 8.42 Å². The molecule has 0 aliphatic carbocycles. The molecular formula is C26H37N3O4S. The van der Waals surface area contributed by atoms with Gasteiger partial charge in [-0.2, -0.15) is 0 Å². The molecule has 0 radical (unpaired) electrons. The van der Waals surface area contributed by atoms with E-state index in [1.165, 1.54) is 4.90 Å². The second-order valence-electron chi connectivity index (χ2n) is 8.84. The summed E-state index contributed by atoms with van der Waals surface area (Å²) in [6.45, 7) is 10.0. The largest absolute Gasteiger partial charge is 0.355 e. The number of benzene rings is 2. The van der Waals surface area contributed by atoms with Gasteiger partial charge < -0.3 is 10.2 Å². The zero-order valence-electron chi connectivity index (χ0n) is 21.0. The first kappa shape index (κ1) is 27.4. The average molecular weight is 488 g/mol. The van der Waals surface area contributed by atoms with Crippen LogP contribution in [0, 0.1) is 6.92 Å². The number of rotatable bonds is 11. The first-order chi connectivity index (χ1) is 16.0. The number of aryl methyl sites for hydroxylation is 1. The van der Waals surface area contributed by atoms with E-state index in [9.17, 15) is 18.0 Å². The van der Waals surface area contributed by atoms with Gasteiger partial charge in [-0.3, -0.25) is 13.9 Å². The predicted molar refractivity (Wildman–Crippen MR) is 137 cm³/mol. The normalized spacial score (nSPS) is 12.3. The summed E-state index contributed by atoms with van der Waals surface area (Å²) in [4.78, 5) is 27.8. The summed E-state index contributed by atoms with van der Waals surface area (Å²) >= 11 is 0. The van der Waals surface area contributed by atoms with Crippen molar-refractivity contribution in [1.82, 2.24) is 10.2 Å². The van der Waals surface area contributed by atoms with Gasteiger partial charge in [0, 0.05) is 13.1 Å². The summed E-state index contributed by atoms with van der Waals surface area (Å²) < 4.78 is 26.4. The summed E-state index contributed by atoms with van der Waals surface area (Å²) in [5.41, 5.74) is 3.45. The van der Waals surface area contributed by atoms with E-state index >= 15 is 0 Å². The molecule has 0 saturated heterocycles. The Morgan fingerprint density at radius 2 is 1.56 bits per heavy atom. The molecule has 7 nitrogen and oxygen atoms in total. The van der Waals surface area contributed by atoms with E-state index in [1.54, 1.807) is 12.1 Å². The van der Waals surface area contributed by atoms with Crippen LogP contribution in [0.1, 0.15) is 56.7 Å². The standard InChI is InChI=1S/C26H37N3O4S/c1-7-24(26(31)27-8-2)28(17-21-11-9-20(5)10-12-21)25(30)18-29(34(6,32)33)23-15-13-22(14-16-23)19(3)4/h9-16,19,24H,7-8,17-18H2,1-6H3,(H,27,31)/t24-/m1/s1. The second-order valence-corrected chi connectivity index (χ2v) is 10.7. The molecule has 0 aliphatic rings. The minimum absolute atomic E-state index is 0.207. The summed E-state index contributed by atoms with van der Waals surface area (Å²) in [5.74, 6) is -0.385. The lowest BCUT2D eigenvalue weighted by molar-refractivity contribution is -0.140. The van der Waals surface area contributed by atoms with E-state index in [4.69, 9.17) is 0 Å². The Morgan fingerprint density at radius 3 is 2.03 bits per heavy atom. The van der Waals surface area contributed by atoms with E-state index in [2.05, 4.69) is 19.2 Å². The highest BCUT2D eigenvalue weighted by Crippen LogP contribution is 2.23. The number of amides is 2. The molecule has 1 atom stereocenters. The molecule has 186 valence electrons. The number of hydrogen-bond donors (Lipinski definition) is 1. The van der Waals surface area contributed by atoms with Crippen LogP contribution in [-0.4, -0.2) is 50.5 Å². The number of nitrogens with one attached hydrogen (secondary N) is 1. The van der Waals surface area contributed by atoms with Crippen molar-refractivity contribution in [3.05, 3.63) is 65.2 Å². The molecule has 2 rings (SSSR count). The monoisotopic (exact) mass is 487 g/mol. The average Bonchev–Trinajstić information content (AvgIpc) is 2.78. The fourth-order valence-corrected chi connectivity index (χ4v) is 4.59. The fourth-order valence-electron chi connectivity index (χ4n) is 3.74. The van der Waals surface area contributed by atoms with Crippen molar-refractivity contribution < 1.29 is 18.0 Å². The second kappa shape index (κ2) is 12.0. The lowest BCUT2D eigenvalue weighted by atomic mass is 10.0. The Kier molecular flexibility index (Phi) is 9.67. The van der Waals surface area contributed by atoms with Crippen molar-refractivity contribution >= 4 is 27.5 Å². The minimum Gasteiger partial charge on any atom is -0.355 e. The van der Waals surface area contributed by atoms with Crippen molar-refractivity contribution in [1.29, 1.82) is 0 Å². The van der Waals surface area contributed by atoms with Gasteiger partial charge >= 0.3 is 0 Å². The van der Waals surface area contributed by atoms with Crippen LogP contribution in [0.25, 0.3) is 0 Å². The molecular weight excluding hydrogens is 450 g/mol. The van der Waals surface area contributed by atoms with Gasteiger partial charge in [0.2, 0.25) is 21.8 Å². The highest BCUT2D eigenvalue weighted by atomic mass is 32.2. The number of carbonyl (C=O) groups is 2. The lowest BCUT2D eigenvalue weighted by Crippen LogP contribution is -2.52. The molecule has 0 heterocycles. The summed E-state index contributed by atoms with van der Waals surface area (Å²) in [7, 11) is -3.74. The molecule has 2 aromatic rings. The van der Waals surface area contributed by atoms with E-state index in [0.717, 1.165) is 27.3 Å². The number of nitrogens with zero attached hydrogens (tertiary/aromatic N) is 2. The summed E-state index contributed by atoms with van der Waals surface area (Å²) in [6, 6.07) is 14.2. The third-order valence-corrected chi connectivity index (χ3v) is 6.88. The van der Waals surface area contributed by atoms with Gasteiger partial charge in [-0.05, 0) is 49.4 Å². The molecule has 0 aliphatic heterocycles. The number of hydrogen-bond acceptors (Lipinski definition) is 4. The van der Waals surface area contributed by atoms with Crippen LogP contribution < -0.4 is 9.62 Å². The Morgan fingerprint density at radius 1 is 0.971 bits per heavy atom. The molecule has 0 bridgehead atoms. The first-order valence-corrected chi connectivity index (χ1v) is 13.5. The van der Waals surface area contributed by atoms with Gasteiger partial charge in [0.15, 0.2) is 0 Å². The molecule has 8 heteroatoms. The highest BCUT2D eigenvalue weighted by Gasteiger charge is 2.31. The lowest BCUT2D eigenvalue weighted by Gasteiger charge is -2.32. The van der Waals surface area contributed by atoms with Crippen molar-refractivity contribution in [2.24, 2.45) is 0 Å². The van der Waals surface area contributed by atoms with Gasteiger partial charge in [0.25, 0.3) is 0 Å². The van der Waals surface area contributed by atoms with E-state index in [-0.39, 0.29) is 19.0 Å². The van der Waals surface area contributed by atoms with E-state index in [1.807, 2.05) is 57.2 Å². The molecule has 0 spiro atoms. The SMILES string of the molecule is CCNC(=O)[C@@H](CC)N(Cc1ccc(C)cc1)C(=O)CN(c1ccc(C(C)C)cc1)S(C)(=O)=O. The highest BCUT2D eigenvalue weighted by molar-refractivity contribution is 7.92. The van der Waals surface area contributed by atoms with Gasteiger partial charge in [0.1, 0.15) is 12.6 Å². The van der Waals surface area contributed by atoms with Crippen LogP contribution in [0.2, 0.25) is 0 Å². The number of carbonyl (C=O) groups excluding carboxylic acids is 2. The molecule has 0 fully saturated rings. The molecule has 0 saturated carbocycles. The number of sulfonamides is 1. The van der Waals surface area contributed by atoms with Crippen molar-refractivity contribution in [2.75, 3.05) is 23.7 Å². The minimum atomic E-state index is -3.74. The Hall–Kier alpha value is -2.87. The van der Waals surface area contributed by atoms with Gasteiger partial charge in [-0.1, -0.05) is 62.7 Å². The first-order valence-electron chi connectivity index (χ1n) is 11.7. The van der Waals surface area contributed by atoms with Crippen molar-refractivity contribution in [3.63, 3.8) is 0 Å². The van der Waals surface area contributed by atoms with Gasteiger partial charge in [-0.15, -0.1) is 0 Å². The van der Waals surface area contributed by atoms with Crippen LogP contribution in [0.5, 0.6) is 0 Å². The zero-order chi connectivity index (χ0) is 25.5. The van der Waals surface area contributed by atoms with Crippen LogP contribution in [0.4, 0.5) is 5.69 Å². The van der Waals surface area contributed by atoms with Crippen LogP contribution in [0.3, 0.4) is 0 Å². The Bertz CT molecular complexity index is 1060. The van der Waals surface area contributed by atoms with Crippen LogP contribution >= 0.6 is 0 Å². The fraction of sp³-hybridized carbons (Fsp3) is 0.462. The van der Waals surface area contributed by atoms with Gasteiger partial charge in [0.05, 0.1) is 11.9 Å². The summed E-state index contributed by atoms with van der Waals surface area (Å²) in [6.07, 6.45) is 1.49. The topological polar surface area (TPSA) is 86.8 Å². The molecule has 0 unspecified atom stereocenters. The third-order valence-electron chi connectivity index (χ3n) is 5.74. The van der Waals surface area contributed by atoms with E-state index < -0.39 is 22.0 Å². The number of likely N-dealkylation sites (N-methyl/N-ethyl adjacent to an activating group) is 1. The molecule has 34 heavy (non-hydrogen) atoms. The molecule has 2 aromatic carbocycles. The van der Waals surface area contributed by atoms with Crippen molar-refractivity contribution in [3.8, 4) is 0 Å². The molecule has 0 aromatic heterocycles. The predicted octanol–water partition coefficient (Wildman–Crippen LogP) is 3.83. The Balaban J connectivity index is 2.41. The third kappa shape index (κ3) is 7.32. The van der Waals surface area contributed by atoms with Crippen LogP contribution in [0.15, 0.2) is 48.5 Å².